The SMILES string of the molecule is CCCc1c(N)nnn1Cc1ncno1. The zero-order valence-electron chi connectivity index (χ0n) is 8.42. The Balaban J connectivity index is 2.21. The topological polar surface area (TPSA) is 95.7 Å². The van der Waals surface area contributed by atoms with Crippen LogP contribution in [0.3, 0.4) is 0 Å². The molecule has 0 bridgehead atoms. The second-order valence-corrected chi connectivity index (χ2v) is 3.16. The molecule has 0 spiro atoms. The largest absolute Gasteiger partial charge is 0.381 e. The molecule has 0 aromatic carbocycles. The van der Waals surface area contributed by atoms with Crippen molar-refractivity contribution in [3.63, 3.8) is 0 Å². The smallest absolute Gasteiger partial charge is 0.248 e. The predicted octanol–water partition coefficient (Wildman–Crippen LogP) is 0.244. The summed E-state index contributed by atoms with van der Waals surface area (Å²) in [5.74, 6) is 0.966. The van der Waals surface area contributed by atoms with Crippen molar-refractivity contribution in [2.24, 2.45) is 0 Å². The molecule has 0 fully saturated rings. The maximum absolute atomic E-state index is 5.70. The summed E-state index contributed by atoms with van der Waals surface area (Å²) in [5.41, 5.74) is 6.61. The molecule has 80 valence electrons. The van der Waals surface area contributed by atoms with Crippen molar-refractivity contribution in [1.82, 2.24) is 25.1 Å². The van der Waals surface area contributed by atoms with Gasteiger partial charge in [-0.05, 0) is 6.42 Å². The van der Waals surface area contributed by atoms with E-state index in [4.69, 9.17) is 10.3 Å². The normalized spacial score (nSPS) is 10.7. The van der Waals surface area contributed by atoms with Gasteiger partial charge in [-0.25, -0.2) is 4.68 Å². The van der Waals surface area contributed by atoms with Crippen LogP contribution in [0, 0.1) is 0 Å². The van der Waals surface area contributed by atoms with Crippen LogP contribution in [0.5, 0.6) is 0 Å². The summed E-state index contributed by atoms with van der Waals surface area (Å²) >= 11 is 0. The van der Waals surface area contributed by atoms with Gasteiger partial charge in [-0.3, -0.25) is 0 Å². The van der Waals surface area contributed by atoms with Gasteiger partial charge in [-0.1, -0.05) is 23.7 Å². The van der Waals surface area contributed by atoms with Crippen LogP contribution in [0.2, 0.25) is 0 Å². The monoisotopic (exact) mass is 208 g/mol. The highest BCUT2D eigenvalue weighted by molar-refractivity contribution is 5.32. The van der Waals surface area contributed by atoms with Gasteiger partial charge in [0.05, 0.1) is 5.69 Å². The lowest BCUT2D eigenvalue weighted by Gasteiger charge is -2.01. The number of nitrogens with two attached hydrogens (primary N) is 1. The third-order valence-corrected chi connectivity index (χ3v) is 2.05. The van der Waals surface area contributed by atoms with E-state index in [-0.39, 0.29) is 0 Å². The lowest BCUT2D eigenvalue weighted by Crippen LogP contribution is -2.07. The summed E-state index contributed by atoms with van der Waals surface area (Å²) in [4.78, 5) is 3.91. The van der Waals surface area contributed by atoms with Gasteiger partial charge in [0.15, 0.2) is 12.1 Å². The Kier molecular flexibility index (Phi) is 2.61. The van der Waals surface area contributed by atoms with Crippen molar-refractivity contribution in [2.75, 3.05) is 5.73 Å². The molecule has 2 rings (SSSR count). The second kappa shape index (κ2) is 4.07. The molecule has 0 saturated carbocycles. The molecule has 15 heavy (non-hydrogen) atoms. The summed E-state index contributed by atoms with van der Waals surface area (Å²) in [6.45, 7) is 2.49. The Labute approximate surface area is 86.3 Å². The van der Waals surface area contributed by atoms with Gasteiger partial charge >= 0.3 is 0 Å². The molecule has 7 heteroatoms. The van der Waals surface area contributed by atoms with Gasteiger partial charge in [-0.15, -0.1) is 5.10 Å². The molecule has 0 atom stereocenters. The van der Waals surface area contributed by atoms with Crippen molar-refractivity contribution in [2.45, 2.75) is 26.3 Å². The number of rotatable bonds is 4. The van der Waals surface area contributed by atoms with Gasteiger partial charge < -0.3 is 10.3 Å². The Morgan fingerprint density at radius 3 is 3.07 bits per heavy atom. The lowest BCUT2D eigenvalue weighted by atomic mass is 10.2. The molecule has 0 radical (unpaired) electrons. The van der Waals surface area contributed by atoms with E-state index < -0.39 is 0 Å². The molecule has 0 aliphatic carbocycles. The van der Waals surface area contributed by atoms with Gasteiger partial charge in [0.25, 0.3) is 0 Å². The fourth-order valence-electron chi connectivity index (χ4n) is 1.36. The van der Waals surface area contributed by atoms with Crippen LogP contribution in [0.4, 0.5) is 5.82 Å². The standard InChI is InChI=1S/C8H12N6O/c1-2-3-6-8(9)12-13-14(6)4-7-10-5-11-15-7/h5H,2-4,9H2,1H3. The first kappa shape index (κ1) is 9.63. The van der Waals surface area contributed by atoms with Crippen molar-refractivity contribution in [1.29, 1.82) is 0 Å². The van der Waals surface area contributed by atoms with E-state index in [2.05, 4.69) is 27.4 Å². The first-order valence-corrected chi connectivity index (χ1v) is 4.74. The molecular weight excluding hydrogens is 196 g/mol. The number of nitrogen functional groups attached to an aromatic ring is 1. The summed E-state index contributed by atoms with van der Waals surface area (Å²) in [5, 5.41) is 11.3. The first-order valence-electron chi connectivity index (χ1n) is 4.74. The maximum atomic E-state index is 5.70. The highest BCUT2D eigenvalue weighted by atomic mass is 16.5. The minimum Gasteiger partial charge on any atom is -0.381 e. The minimum atomic E-state index is 0.416. The third-order valence-electron chi connectivity index (χ3n) is 2.05. The van der Waals surface area contributed by atoms with Crippen LogP contribution >= 0.6 is 0 Å². The maximum Gasteiger partial charge on any atom is 0.248 e. The Morgan fingerprint density at radius 2 is 2.40 bits per heavy atom. The third kappa shape index (κ3) is 1.95. The number of aromatic nitrogens is 5. The van der Waals surface area contributed by atoms with Gasteiger partial charge in [0, 0.05) is 0 Å². The Hall–Kier alpha value is -1.92. The van der Waals surface area contributed by atoms with Crippen LogP contribution in [-0.2, 0) is 13.0 Å². The quantitative estimate of drug-likeness (QED) is 0.773. The fourth-order valence-corrected chi connectivity index (χ4v) is 1.36. The Morgan fingerprint density at radius 1 is 1.53 bits per heavy atom. The predicted molar refractivity (Wildman–Crippen MR) is 51.8 cm³/mol. The van der Waals surface area contributed by atoms with Crippen molar-refractivity contribution in [3.05, 3.63) is 17.9 Å². The average molecular weight is 208 g/mol. The number of anilines is 1. The van der Waals surface area contributed by atoms with E-state index in [9.17, 15) is 0 Å². The summed E-state index contributed by atoms with van der Waals surface area (Å²) in [7, 11) is 0. The van der Waals surface area contributed by atoms with Crippen LogP contribution in [-0.4, -0.2) is 25.1 Å². The van der Waals surface area contributed by atoms with Crippen molar-refractivity contribution < 1.29 is 4.52 Å². The molecule has 7 nitrogen and oxygen atoms in total. The van der Waals surface area contributed by atoms with Gasteiger partial charge in [0.2, 0.25) is 5.89 Å². The highest BCUT2D eigenvalue weighted by Crippen LogP contribution is 2.11. The average Bonchev–Trinajstić information content (AvgIpc) is 2.83. The molecule has 2 aromatic heterocycles. The minimum absolute atomic E-state index is 0.416. The van der Waals surface area contributed by atoms with Crippen LogP contribution < -0.4 is 5.73 Å². The molecule has 0 aliphatic heterocycles. The van der Waals surface area contributed by atoms with E-state index in [1.54, 1.807) is 4.68 Å². The highest BCUT2D eigenvalue weighted by Gasteiger charge is 2.11. The van der Waals surface area contributed by atoms with Gasteiger partial charge in [-0.2, -0.15) is 4.98 Å². The number of hydrogen-bond donors (Lipinski definition) is 1. The summed E-state index contributed by atoms with van der Waals surface area (Å²) < 4.78 is 6.58. The molecule has 0 unspecified atom stereocenters. The van der Waals surface area contributed by atoms with E-state index in [0.29, 0.717) is 18.3 Å². The van der Waals surface area contributed by atoms with Crippen molar-refractivity contribution in [3.8, 4) is 0 Å². The van der Waals surface area contributed by atoms with Crippen LogP contribution in [0.15, 0.2) is 10.9 Å². The number of nitrogens with zero attached hydrogens (tertiary/aromatic N) is 5. The molecule has 0 saturated heterocycles. The molecule has 2 aromatic rings. The van der Waals surface area contributed by atoms with Crippen LogP contribution in [0.1, 0.15) is 24.9 Å². The zero-order valence-corrected chi connectivity index (χ0v) is 8.42. The Bertz CT molecular complexity index is 420. The summed E-state index contributed by atoms with van der Waals surface area (Å²) in [6, 6.07) is 0. The van der Waals surface area contributed by atoms with Crippen LogP contribution in [0.25, 0.3) is 0 Å². The molecule has 2 heterocycles. The molecule has 0 amide bonds. The van der Waals surface area contributed by atoms with E-state index in [0.717, 1.165) is 18.5 Å². The zero-order chi connectivity index (χ0) is 10.7. The second-order valence-electron chi connectivity index (χ2n) is 3.16. The number of hydrogen-bond acceptors (Lipinski definition) is 6. The van der Waals surface area contributed by atoms with Gasteiger partial charge in [0.1, 0.15) is 6.54 Å². The van der Waals surface area contributed by atoms with E-state index in [1.165, 1.54) is 6.33 Å². The molecule has 0 aliphatic rings. The van der Waals surface area contributed by atoms with E-state index >= 15 is 0 Å². The van der Waals surface area contributed by atoms with E-state index in [1.807, 2.05) is 0 Å². The molecular formula is C8H12N6O. The fraction of sp³-hybridized carbons (Fsp3) is 0.500. The van der Waals surface area contributed by atoms with Crippen molar-refractivity contribution >= 4 is 5.82 Å². The lowest BCUT2D eigenvalue weighted by molar-refractivity contribution is 0.361. The molecule has 2 N–H and O–H groups in total. The first-order chi connectivity index (χ1) is 7.31. The summed E-state index contributed by atoms with van der Waals surface area (Å²) in [6.07, 6.45) is 3.18.